The SMILES string of the molecule is CCC(CC)NC(=O)c1cc(S(=O)(=O)N(C)c2ccc(OC)cc2)ccc1Cl. The minimum absolute atomic E-state index is 0.00537. The van der Waals surface area contributed by atoms with Crippen molar-refractivity contribution in [3.63, 3.8) is 0 Å². The van der Waals surface area contributed by atoms with Crippen molar-refractivity contribution >= 4 is 33.2 Å². The Balaban J connectivity index is 2.36. The van der Waals surface area contributed by atoms with Gasteiger partial charge in [0.15, 0.2) is 0 Å². The first-order valence-electron chi connectivity index (χ1n) is 8.98. The second-order valence-corrected chi connectivity index (χ2v) is 8.68. The van der Waals surface area contributed by atoms with Gasteiger partial charge in [-0.2, -0.15) is 0 Å². The van der Waals surface area contributed by atoms with E-state index in [1.165, 1.54) is 32.4 Å². The molecule has 1 amide bonds. The largest absolute Gasteiger partial charge is 0.497 e. The number of carbonyl (C=O) groups excluding carboxylic acids is 1. The van der Waals surface area contributed by atoms with Crippen molar-refractivity contribution in [3.8, 4) is 5.75 Å². The number of rotatable bonds is 8. The highest BCUT2D eigenvalue weighted by Crippen LogP contribution is 2.27. The van der Waals surface area contributed by atoms with E-state index in [1.54, 1.807) is 24.3 Å². The van der Waals surface area contributed by atoms with E-state index in [4.69, 9.17) is 16.3 Å². The Morgan fingerprint density at radius 1 is 1.14 bits per heavy atom. The van der Waals surface area contributed by atoms with Crippen LogP contribution in [0.25, 0.3) is 0 Å². The minimum Gasteiger partial charge on any atom is -0.497 e. The number of sulfonamides is 1. The van der Waals surface area contributed by atoms with Crippen LogP contribution in [0.3, 0.4) is 0 Å². The van der Waals surface area contributed by atoms with Crippen molar-refractivity contribution < 1.29 is 17.9 Å². The van der Waals surface area contributed by atoms with Crippen LogP contribution in [-0.4, -0.2) is 34.5 Å². The summed E-state index contributed by atoms with van der Waals surface area (Å²) in [4.78, 5) is 12.6. The van der Waals surface area contributed by atoms with Crippen molar-refractivity contribution in [2.45, 2.75) is 37.6 Å². The van der Waals surface area contributed by atoms with Gasteiger partial charge in [0.1, 0.15) is 5.75 Å². The number of methoxy groups -OCH3 is 1. The minimum atomic E-state index is -3.87. The molecule has 0 saturated heterocycles. The molecule has 0 aromatic heterocycles. The molecule has 0 aliphatic rings. The summed E-state index contributed by atoms with van der Waals surface area (Å²) in [5, 5.41) is 3.08. The average molecular weight is 425 g/mol. The Labute approximate surface area is 171 Å². The Kier molecular flexibility index (Phi) is 7.32. The zero-order valence-electron chi connectivity index (χ0n) is 16.4. The first-order valence-corrected chi connectivity index (χ1v) is 10.8. The van der Waals surface area contributed by atoms with Gasteiger partial charge in [0.25, 0.3) is 15.9 Å². The smallest absolute Gasteiger partial charge is 0.264 e. The molecule has 0 aliphatic carbocycles. The predicted molar refractivity (Wildman–Crippen MR) is 112 cm³/mol. The molecule has 6 nitrogen and oxygen atoms in total. The molecule has 152 valence electrons. The maximum absolute atomic E-state index is 13.0. The lowest BCUT2D eigenvalue weighted by atomic mass is 10.1. The van der Waals surface area contributed by atoms with Crippen LogP contribution in [0, 0.1) is 0 Å². The molecule has 8 heteroatoms. The highest BCUT2D eigenvalue weighted by molar-refractivity contribution is 7.92. The quantitative estimate of drug-likeness (QED) is 0.692. The van der Waals surface area contributed by atoms with Crippen LogP contribution in [0.1, 0.15) is 37.0 Å². The number of amides is 1. The summed E-state index contributed by atoms with van der Waals surface area (Å²) in [6.45, 7) is 3.95. The van der Waals surface area contributed by atoms with Crippen molar-refractivity contribution in [2.24, 2.45) is 0 Å². The number of hydrogen-bond acceptors (Lipinski definition) is 4. The van der Waals surface area contributed by atoms with Crippen LogP contribution < -0.4 is 14.4 Å². The second kappa shape index (κ2) is 9.30. The summed E-state index contributed by atoms with van der Waals surface area (Å²) in [5.41, 5.74) is 0.608. The molecule has 0 heterocycles. The zero-order chi connectivity index (χ0) is 20.9. The van der Waals surface area contributed by atoms with Gasteiger partial charge >= 0.3 is 0 Å². The van der Waals surface area contributed by atoms with Gasteiger partial charge in [-0.25, -0.2) is 8.42 Å². The molecular formula is C20H25ClN2O4S. The van der Waals surface area contributed by atoms with Gasteiger partial charge in [0.2, 0.25) is 0 Å². The van der Waals surface area contributed by atoms with Gasteiger partial charge in [-0.15, -0.1) is 0 Å². The van der Waals surface area contributed by atoms with E-state index < -0.39 is 10.0 Å². The maximum Gasteiger partial charge on any atom is 0.264 e. The molecule has 0 unspecified atom stereocenters. The molecule has 2 aromatic carbocycles. The number of anilines is 1. The lowest BCUT2D eigenvalue weighted by Crippen LogP contribution is -2.34. The van der Waals surface area contributed by atoms with Crippen molar-refractivity contribution in [1.29, 1.82) is 0 Å². The number of benzene rings is 2. The average Bonchev–Trinajstić information content (AvgIpc) is 2.71. The lowest BCUT2D eigenvalue weighted by molar-refractivity contribution is 0.0935. The van der Waals surface area contributed by atoms with Crippen LogP contribution in [0.15, 0.2) is 47.4 Å². The van der Waals surface area contributed by atoms with Crippen molar-refractivity contribution in [3.05, 3.63) is 53.1 Å². The molecule has 28 heavy (non-hydrogen) atoms. The Morgan fingerprint density at radius 2 is 1.75 bits per heavy atom. The Morgan fingerprint density at radius 3 is 2.29 bits per heavy atom. The second-order valence-electron chi connectivity index (χ2n) is 6.30. The molecule has 0 spiro atoms. The van der Waals surface area contributed by atoms with Crippen LogP contribution in [0.4, 0.5) is 5.69 Å². The van der Waals surface area contributed by atoms with Gasteiger partial charge < -0.3 is 10.1 Å². The molecular weight excluding hydrogens is 400 g/mol. The van der Waals surface area contributed by atoms with Gasteiger partial charge in [0.05, 0.1) is 28.3 Å². The Hall–Kier alpha value is -2.25. The van der Waals surface area contributed by atoms with Crippen LogP contribution in [0.5, 0.6) is 5.75 Å². The van der Waals surface area contributed by atoms with Gasteiger partial charge in [0, 0.05) is 13.1 Å². The molecule has 0 saturated carbocycles. The molecule has 0 fully saturated rings. The maximum atomic E-state index is 13.0. The number of hydrogen-bond donors (Lipinski definition) is 1. The number of halogens is 1. The third-order valence-corrected chi connectivity index (χ3v) is 6.71. The normalized spacial score (nSPS) is 11.4. The standard InChI is InChI=1S/C20H25ClN2O4S/c1-5-14(6-2)22-20(24)18-13-17(11-12-19(18)21)28(25,26)23(3)15-7-9-16(27-4)10-8-15/h7-14H,5-6H2,1-4H3,(H,22,24). The fourth-order valence-corrected chi connectivity index (χ4v) is 4.11. The van der Waals surface area contributed by atoms with E-state index in [0.717, 1.165) is 17.1 Å². The third-order valence-electron chi connectivity index (χ3n) is 4.60. The molecule has 1 N–H and O–H groups in total. The van der Waals surface area contributed by atoms with Gasteiger partial charge in [-0.05, 0) is 55.3 Å². The van der Waals surface area contributed by atoms with E-state index in [-0.39, 0.29) is 27.4 Å². The van der Waals surface area contributed by atoms with E-state index in [9.17, 15) is 13.2 Å². The van der Waals surface area contributed by atoms with E-state index >= 15 is 0 Å². The summed E-state index contributed by atoms with van der Waals surface area (Å²) < 4.78 is 32.3. The van der Waals surface area contributed by atoms with Gasteiger partial charge in [-0.1, -0.05) is 25.4 Å². The monoisotopic (exact) mass is 424 g/mol. The highest BCUT2D eigenvalue weighted by atomic mass is 35.5. The molecule has 2 aromatic rings. The summed E-state index contributed by atoms with van der Waals surface area (Å²) >= 11 is 6.16. The van der Waals surface area contributed by atoms with Crippen LogP contribution in [0.2, 0.25) is 5.02 Å². The fourth-order valence-electron chi connectivity index (χ4n) is 2.68. The summed E-state index contributed by atoms with van der Waals surface area (Å²) in [7, 11) is -0.877. The van der Waals surface area contributed by atoms with Crippen LogP contribution in [-0.2, 0) is 10.0 Å². The number of nitrogens with zero attached hydrogens (tertiary/aromatic N) is 1. The van der Waals surface area contributed by atoms with Crippen molar-refractivity contribution in [1.82, 2.24) is 5.32 Å². The number of nitrogens with one attached hydrogen (secondary N) is 1. The number of carbonyl (C=O) groups is 1. The molecule has 0 radical (unpaired) electrons. The first-order chi connectivity index (χ1) is 13.2. The van der Waals surface area contributed by atoms with Crippen molar-refractivity contribution in [2.75, 3.05) is 18.5 Å². The summed E-state index contributed by atoms with van der Waals surface area (Å²) in [6, 6.07) is 10.8. The Bertz CT molecular complexity index is 926. The van der Waals surface area contributed by atoms with Crippen LogP contribution >= 0.6 is 11.6 Å². The molecule has 0 aliphatic heterocycles. The third kappa shape index (κ3) is 4.77. The first kappa shape index (κ1) is 22.0. The predicted octanol–water partition coefficient (Wildman–Crippen LogP) is 4.09. The van der Waals surface area contributed by atoms with E-state index in [0.29, 0.717) is 11.4 Å². The molecule has 0 bridgehead atoms. The van der Waals surface area contributed by atoms with E-state index in [2.05, 4.69) is 5.32 Å². The molecule has 2 rings (SSSR count). The molecule has 0 atom stereocenters. The number of ether oxygens (including phenoxy) is 1. The lowest BCUT2D eigenvalue weighted by Gasteiger charge is -2.21. The van der Waals surface area contributed by atoms with Gasteiger partial charge in [-0.3, -0.25) is 9.10 Å². The summed E-state index contributed by atoms with van der Waals surface area (Å²) in [6.07, 6.45) is 1.55. The highest BCUT2D eigenvalue weighted by Gasteiger charge is 2.24. The summed E-state index contributed by atoms with van der Waals surface area (Å²) in [5.74, 6) is 0.240. The fraction of sp³-hybridized carbons (Fsp3) is 0.350. The topological polar surface area (TPSA) is 75.7 Å². The van der Waals surface area contributed by atoms with E-state index in [1.807, 2.05) is 13.8 Å². The zero-order valence-corrected chi connectivity index (χ0v) is 18.0.